The zero-order valence-corrected chi connectivity index (χ0v) is 8.89. The summed E-state index contributed by atoms with van der Waals surface area (Å²) in [5.74, 6) is 0. The monoisotopic (exact) mass is 206 g/mol. The van der Waals surface area contributed by atoms with Crippen molar-refractivity contribution in [3.63, 3.8) is 0 Å². The lowest BCUT2D eigenvalue weighted by molar-refractivity contribution is 1.25. The summed E-state index contributed by atoms with van der Waals surface area (Å²) < 4.78 is 0. The molecule has 0 aliphatic rings. The van der Waals surface area contributed by atoms with Crippen molar-refractivity contribution in [2.75, 3.05) is 12.4 Å². The van der Waals surface area contributed by atoms with Crippen molar-refractivity contribution >= 4 is 28.2 Å². The van der Waals surface area contributed by atoms with Crippen LogP contribution in [0.25, 0.3) is 10.9 Å². The van der Waals surface area contributed by atoms with Crippen molar-refractivity contribution in [2.24, 2.45) is 0 Å². The highest BCUT2D eigenvalue weighted by atomic mass is 35.5. The van der Waals surface area contributed by atoms with Crippen LogP contribution in [0.1, 0.15) is 5.69 Å². The van der Waals surface area contributed by atoms with Gasteiger partial charge in [0, 0.05) is 28.8 Å². The Bertz CT molecular complexity index is 475. The van der Waals surface area contributed by atoms with Gasteiger partial charge in [0.15, 0.2) is 0 Å². The molecule has 2 nitrogen and oxygen atoms in total. The molecule has 0 saturated heterocycles. The van der Waals surface area contributed by atoms with Crippen LogP contribution in [0, 0.1) is 6.92 Å². The number of aromatic nitrogens is 1. The fraction of sp³-hybridized carbons (Fsp3) is 0.182. The molecule has 0 bridgehead atoms. The molecular formula is C11H11ClN2. The van der Waals surface area contributed by atoms with Crippen LogP contribution >= 0.6 is 11.6 Å². The number of fused-ring (bicyclic) bond motifs is 1. The molecule has 72 valence electrons. The molecule has 0 amide bonds. The van der Waals surface area contributed by atoms with E-state index < -0.39 is 0 Å². The number of anilines is 1. The second-order valence-corrected chi connectivity index (χ2v) is 3.66. The Kier molecular flexibility index (Phi) is 2.30. The molecule has 0 atom stereocenters. The molecule has 2 aromatic rings. The Labute approximate surface area is 87.9 Å². The van der Waals surface area contributed by atoms with E-state index in [4.69, 9.17) is 11.6 Å². The lowest BCUT2D eigenvalue weighted by atomic mass is 10.1. The van der Waals surface area contributed by atoms with Gasteiger partial charge in [0.1, 0.15) is 0 Å². The quantitative estimate of drug-likeness (QED) is 0.775. The topological polar surface area (TPSA) is 24.9 Å². The van der Waals surface area contributed by atoms with Crippen LogP contribution in [0.15, 0.2) is 24.3 Å². The van der Waals surface area contributed by atoms with Crippen LogP contribution in [-0.2, 0) is 0 Å². The zero-order chi connectivity index (χ0) is 10.1. The van der Waals surface area contributed by atoms with Crippen LogP contribution in [-0.4, -0.2) is 12.0 Å². The summed E-state index contributed by atoms with van der Waals surface area (Å²) in [6.45, 7) is 1.97. The molecule has 1 heterocycles. The molecule has 1 aromatic heterocycles. The maximum absolute atomic E-state index is 5.91. The number of aryl methyl sites for hydroxylation is 1. The van der Waals surface area contributed by atoms with Gasteiger partial charge in [-0.25, -0.2) is 0 Å². The normalized spacial score (nSPS) is 10.5. The highest BCUT2D eigenvalue weighted by Gasteiger charge is 2.02. The highest BCUT2D eigenvalue weighted by molar-refractivity contribution is 6.31. The van der Waals surface area contributed by atoms with Gasteiger partial charge in [-0.1, -0.05) is 11.6 Å². The van der Waals surface area contributed by atoms with Gasteiger partial charge in [-0.15, -0.1) is 0 Å². The van der Waals surface area contributed by atoms with Gasteiger partial charge >= 0.3 is 0 Å². The van der Waals surface area contributed by atoms with Crippen molar-refractivity contribution in [3.8, 4) is 0 Å². The molecule has 0 aliphatic carbocycles. The van der Waals surface area contributed by atoms with Crippen LogP contribution in [0.3, 0.4) is 0 Å². The largest absolute Gasteiger partial charge is 0.388 e. The van der Waals surface area contributed by atoms with Crippen LogP contribution in [0.4, 0.5) is 5.69 Å². The average Bonchev–Trinajstić information content (AvgIpc) is 2.15. The van der Waals surface area contributed by atoms with Gasteiger partial charge in [0.05, 0.1) is 5.52 Å². The van der Waals surface area contributed by atoms with Crippen LogP contribution in [0.2, 0.25) is 5.02 Å². The summed E-state index contributed by atoms with van der Waals surface area (Å²) in [7, 11) is 1.91. The van der Waals surface area contributed by atoms with Gasteiger partial charge in [0.25, 0.3) is 0 Å². The first-order chi connectivity index (χ1) is 6.70. The summed E-state index contributed by atoms with van der Waals surface area (Å²) in [5, 5.41) is 4.97. The standard InChI is InChI=1S/C11H11ClN2/c1-7-5-10(13-2)9-4-3-8(12)6-11(9)14-7/h3-6H,1-2H3,(H,13,14). The first kappa shape index (κ1) is 9.28. The van der Waals surface area contributed by atoms with E-state index in [1.165, 1.54) is 0 Å². The summed E-state index contributed by atoms with van der Waals surface area (Å²) in [6.07, 6.45) is 0. The highest BCUT2D eigenvalue weighted by Crippen LogP contribution is 2.25. The first-order valence-electron chi connectivity index (χ1n) is 4.45. The smallest absolute Gasteiger partial charge is 0.0740 e. The van der Waals surface area contributed by atoms with E-state index in [-0.39, 0.29) is 0 Å². The number of pyridine rings is 1. The number of benzene rings is 1. The van der Waals surface area contributed by atoms with Crippen LogP contribution in [0.5, 0.6) is 0 Å². The average molecular weight is 207 g/mol. The van der Waals surface area contributed by atoms with E-state index in [0.717, 1.165) is 27.3 Å². The molecule has 0 saturated carbocycles. The second-order valence-electron chi connectivity index (χ2n) is 3.22. The molecule has 0 radical (unpaired) electrons. The summed E-state index contributed by atoms with van der Waals surface area (Å²) in [6, 6.07) is 7.76. The fourth-order valence-electron chi connectivity index (χ4n) is 1.54. The molecule has 14 heavy (non-hydrogen) atoms. The predicted octanol–water partition coefficient (Wildman–Crippen LogP) is 3.24. The summed E-state index contributed by atoms with van der Waals surface area (Å²) in [4.78, 5) is 4.42. The third-order valence-electron chi connectivity index (χ3n) is 2.17. The third kappa shape index (κ3) is 1.53. The second kappa shape index (κ2) is 3.46. The van der Waals surface area contributed by atoms with E-state index in [1.807, 2.05) is 38.2 Å². The van der Waals surface area contributed by atoms with Gasteiger partial charge in [0.2, 0.25) is 0 Å². The lowest BCUT2D eigenvalue weighted by Gasteiger charge is -2.06. The SMILES string of the molecule is CNc1cc(C)nc2cc(Cl)ccc12. The molecule has 3 heteroatoms. The number of nitrogens with zero attached hydrogens (tertiary/aromatic N) is 1. The number of halogens is 1. The van der Waals surface area contributed by atoms with Crippen molar-refractivity contribution in [2.45, 2.75) is 6.92 Å². The van der Waals surface area contributed by atoms with Crippen molar-refractivity contribution in [1.82, 2.24) is 4.98 Å². The summed E-state index contributed by atoms with van der Waals surface area (Å²) in [5.41, 5.74) is 3.01. The number of nitrogens with one attached hydrogen (secondary N) is 1. The molecule has 1 N–H and O–H groups in total. The van der Waals surface area contributed by atoms with Crippen LogP contribution < -0.4 is 5.32 Å². The lowest BCUT2D eigenvalue weighted by Crippen LogP contribution is -1.93. The molecule has 1 aromatic carbocycles. The molecule has 0 unspecified atom stereocenters. The van der Waals surface area contributed by atoms with E-state index in [0.29, 0.717) is 0 Å². The molecule has 0 spiro atoms. The summed E-state index contributed by atoms with van der Waals surface area (Å²) >= 11 is 5.91. The number of rotatable bonds is 1. The van der Waals surface area contributed by atoms with E-state index in [9.17, 15) is 0 Å². The first-order valence-corrected chi connectivity index (χ1v) is 4.83. The van der Waals surface area contributed by atoms with E-state index in [1.54, 1.807) is 0 Å². The molecule has 0 fully saturated rings. The van der Waals surface area contributed by atoms with Crippen molar-refractivity contribution in [1.29, 1.82) is 0 Å². The maximum Gasteiger partial charge on any atom is 0.0740 e. The minimum atomic E-state index is 0.720. The minimum Gasteiger partial charge on any atom is -0.388 e. The Morgan fingerprint density at radius 3 is 2.79 bits per heavy atom. The van der Waals surface area contributed by atoms with Gasteiger partial charge in [-0.2, -0.15) is 0 Å². The van der Waals surface area contributed by atoms with E-state index in [2.05, 4.69) is 10.3 Å². The predicted molar refractivity (Wildman–Crippen MR) is 61.0 cm³/mol. The van der Waals surface area contributed by atoms with Gasteiger partial charge in [-0.3, -0.25) is 4.98 Å². The zero-order valence-electron chi connectivity index (χ0n) is 8.13. The Balaban J connectivity index is 2.81. The molecular weight excluding hydrogens is 196 g/mol. The Hall–Kier alpha value is -1.28. The molecule has 0 aliphatic heterocycles. The Morgan fingerprint density at radius 2 is 2.07 bits per heavy atom. The fourth-order valence-corrected chi connectivity index (χ4v) is 1.71. The minimum absolute atomic E-state index is 0.720. The third-order valence-corrected chi connectivity index (χ3v) is 2.40. The van der Waals surface area contributed by atoms with E-state index >= 15 is 0 Å². The van der Waals surface area contributed by atoms with Gasteiger partial charge < -0.3 is 5.32 Å². The maximum atomic E-state index is 5.91. The Morgan fingerprint density at radius 1 is 1.29 bits per heavy atom. The number of hydrogen-bond acceptors (Lipinski definition) is 2. The van der Waals surface area contributed by atoms with Crippen molar-refractivity contribution < 1.29 is 0 Å². The number of hydrogen-bond donors (Lipinski definition) is 1. The molecule has 2 rings (SSSR count). The van der Waals surface area contributed by atoms with Gasteiger partial charge in [-0.05, 0) is 31.2 Å². The van der Waals surface area contributed by atoms with Crippen molar-refractivity contribution in [3.05, 3.63) is 35.0 Å².